The zero-order valence-electron chi connectivity index (χ0n) is 10.7. The second-order valence-electron chi connectivity index (χ2n) is 5.06. The van der Waals surface area contributed by atoms with Crippen LogP contribution >= 0.6 is 0 Å². The van der Waals surface area contributed by atoms with Gasteiger partial charge in [-0.2, -0.15) is 0 Å². The highest BCUT2D eigenvalue weighted by Gasteiger charge is 2.19. The van der Waals surface area contributed by atoms with Gasteiger partial charge in [-0.25, -0.2) is 4.79 Å². The van der Waals surface area contributed by atoms with Crippen molar-refractivity contribution >= 4 is 0 Å². The molecule has 0 aliphatic carbocycles. The van der Waals surface area contributed by atoms with E-state index in [1.807, 2.05) is 27.7 Å². The number of hydrogen-bond acceptors (Lipinski definition) is 2. The van der Waals surface area contributed by atoms with E-state index in [4.69, 9.17) is 0 Å². The summed E-state index contributed by atoms with van der Waals surface area (Å²) < 4.78 is 2.97. The molecule has 1 heterocycles. The van der Waals surface area contributed by atoms with Crippen LogP contribution in [0.25, 0.3) is 0 Å². The molecule has 0 unspecified atom stereocenters. The fourth-order valence-electron chi connectivity index (χ4n) is 1.80. The maximum atomic E-state index is 12.2. The molecule has 90 valence electrons. The third kappa shape index (κ3) is 2.26. The van der Waals surface area contributed by atoms with Gasteiger partial charge in [0.25, 0.3) is 5.56 Å². The van der Waals surface area contributed by atoms with Gasteiger partial charge in [-0.05, 0) is 34.1 Å². The first-order chi connectivity index (χ1) is 7.29. The molecule has 1 rings (SSSR count). The summed E-state index contributed by atoms with van der Waals surface area (Å²) in [4.78, 5) is 24.0. The Kier molecular flexibility index (Phi) is 3.41. The molecule has 0 aromatic carbocycles. The average molecular weight is 224 g/mol. The molecule has 4 nitrogen and oxygen atoms in total. The zero-order valence-corrected chi connectivity index (χ0v) is 10.7. The highest BCUT2D eigenvalue weighted by Crippen LogP contribution is 2.07. The second kappa shape index (κ2) is 4.28. The Balaban J connectivity index is 3.59. The van der Waals surface area contributed by atoms with Crippen LogP contribution in [-0.2, 0) is 12.1 Å². The molecule has 16 heavy (non-hydrogen) atoms. The highest BCUT2D eigenvalue weighted by molar-refractivity contribution is 5.02. The van der Waals surface area contributed by atoms with Crippen LogP contribution in [-0.4, -0.2) is 9.13 Å². The third-order valence-electron chi connectivity index (χ3n) is 2.52. The summed E-state index contributed by atoms with van der Waals surface area (Å²) in [7, 11) is 0. The van der Waals surface area contributed by atoms with Crippen molar-refractivity contribution in [2.24, 2.45) is 0 Å². The number of aromatic nitrogens is 2. The summed E-state index contributed by atoms with van der Waals surface area (Å²) in [5.74, 6) is 0. The molecular formula is C12H20N2O2. The van der Waals surface area contributed by atoms with Crippen LogP contribution in [0.15, 0.2) is 15.7 Å². The van der Waals surface area contributed by atoms with Crippen molar-refractivity contribution in [2.45, 2.75) is 53.1 Å². The topological polar surface area (TPSA) is 44.0 Å². The number of hydrogen-bond donors (Lipinski definition) is 0. The van der Waals surface area contributed by atoms with Gasteiger partial charge in [0.15, 0.2) is 0 Å². The van der Waals surface area contributed by atoms with Crippen LogP contribution in [0.1, 0.15) is 39.8 Å². The van der Waals surface area contributed by atoms with Crippen molar-refractivity contribution in [3.63, 3.8) is 0 Å². The van der Waals surface area contributed by atoms with E-state index in [1.54, 1.807) is 11.5 Å². The highest BCUT2D eigenvalue weighted by atomic mass is 16.2. The molecule has 1 aromatic rings. The molecule has 0 fully saturated rings. The van der Waals surface area contributed by atoms with Gasteiger partial charge in [0.05, 0.1) is 0 Å². The fourth-order valence-corrected chi connectivity index (χ4v) is 1.80. The molecule has 4 heteroatoms. The number of rotatable bonds is 2. The average Bonchev–Trinajstić information content (AvgIpc) is 2.09. The van der Waals surface area contributed by atoms with Crippen molar-refractivity contribution in [3.8, 4) is 0 Å². The Morgan fingerprint density at radius 2 is 1.81 bits per heavy atom. The molecule has 0 atom stereocenters. The molecule has 0 aliphatic rings. The monoisotopic (exact) mass is 224 g/mol. The van der Waals surface area contributed by atoms with Gasteiger partial charge in [0.1, 0.15) is 0 Å². The Morgan fingerprint density at radius 3 is 2.25 bits per heavy atom. The summed E-state index contributed by atoms with van der Waals surface area (Å²) in [6.45, 7) is 10.1. The Bertz CT molecular complexity index is 489. The van der Waals surface area contributed by atoms with Gasteiger partial charge in [0, 0.05) is 23.8 Å². The van der Waals surface area contributed by atoms with Gasteiger partial charge < -0.3 is 0 Å². The van der Waals surface area contributed by atoms with Crippen LogP contribution in [0.5, 0.6) is 0 Å². The predicted octanol–water partition coefficient (Wildman–Crippen LogP) is 1.48. The Hall–Kier alpha value is -1.32. The van der Waals surface area contributed by atoms with Gasteiger partial charge in [-0.15, -0.1) is 0 Å². The van der Waals surface area contributed by atoms with Crippen LogP contribution < -0.4 is 11.2 Å². The zero-order chi connectivity index (χ0) is 12.5. The Morgan fingerprint density at radius 1 is 1.25 bits per heavy atom. The quantitative estimate of drug-likeness (QED) is 0.763. The first-order valence-corrected chi connectivity index (χ1v) is 5.63. The van der Waals surface area contributed by atoms with E-state index < -0.39 is 5.54 Å². The van der Waals surface area contributed by atoms with Crippen molar-refractivity contribution in [2.75, 3.05) is 0 Å². The molecule has 0 bridgehead atoms. The van der Waals surface area contributed by atoms with E-state index >= 15 is 0 Å². The summed E-state index contributed by atoms with van der Waals surface area (Å²) in [5.41, 5.74) is -0.170. The van der Waals surface area contributed by atoms with Crippen molar-refractivity contribution in [1.29, 1.82) is 0 Å². The first-order valence-electron chi connectivity index (χ1n) is 5.63. The molecule has 0 amide bonds. The summed E-state index contributed by atoms with van der Waals surface area (Å²) in [6, 6.07) is 1.53. The maximum Gasteiger partial charge on any atom is 0.331 e. The molecule has 0 N–H and O–H groups in total. The van der Waals surface area contributed by atoms with E-state index in [0.29, 0.717) is 6.54 Å². The summed E-state index contributed by atoms with van der Waals surface area (Å²) >= 11 is 0. The lowest BCUT2D eigenvalue weighted by Crippen LogP contribution is -2.48. The molecule has 1 aromatic heterocycles. The van der Waals surface area contributed by atoms with Crippen molar-refractivity contribution < 1.29 is 0 Å². The molecule has 0 spiro atoms. The first kappa shape index (κ1) is 12.7. The molecule has 0 aliphatic heterocycles. The van der Waals surface area contributed by atoms with Crippen molar-refractivity contribution in [1.82, 2.24) is 9.13 Å². The minimum atomic E-state index is -0.475. The van der Waals surface area contributed by atoms with Crippen LogP contribution in [0, 0.1) is 6.92 Å². The fraction of sp³-hybridized carbons (Fsp3) is 0.667. The maximum absolute atomic E-state index is 12.2. The summed E-state index contributed by atoms with van der Waals surface area (Å²) in [5, 5.41) is 0. The predicted molar refractivity (Wildman–Crippen MR) is 65.0 cm³/mol. The standard InChI is InChI=1S/C12H20N2O2/c1-6-7-13-9(2)8-10(15)14(11(13)16)12(3,4)5/h8H,6-7H2,1-5H3. The molecular weight excluding hydrogens is 204 g/mol. The van der Waals surface area contributed by atoms with E-state index in [-0.39, 0.29) is 11.2 Å². The van der Waals surface area contributed by atoms with Crippen LogP contribution in [0.2, 0.25) is 0 Å². The van der Waals surface area contributed by atoms with Gasteiger partial charge in [-0.3, -0.25) is 13.9 Å². The van der Waals surface area contributed by atoms with Crippen LogP contribution in [0.4, 0.5) is 0 Å². The Labute approximate surface area is 95.5 Å². The van der Waals surface area contributed by atoms with E-state index in [1.165, 1.54) is 10.6 Å². The molecule has 0 radical (unpaired) electrons. The van der Waals surface area contributed by atoms with Gasteiger partial charge >= 0.3 is 5.69 Å². The smallest absolute Gasteiger partial charge is 0.298 e. The lowest BCUT2D eigenvalue weighted by atomic mass is 10.1. The lowest BCUT2D eigenvalue weighted by molar-refractivity contribution is 0.351. The van der Waals surface area contributed by atoms with Crippen molar-refractivity contribution in [3.05, 3.63) is 32.6 Å². The molecule has 0 saturated carbocycles. The minimum Gasteiger partial charge on any atom is -0.298 e. The molecule has 0 saturated heterocycles. The SMILES string of the molecule is CCCn1c(C)cc(=O)n(C(C)(C)C)c1=O. The lowest BCUT2D eigenvalue weighted by Gasteiger charge is -2.23. The second-order valence-corrected chi connectivity index (χ2v) is 5.06. The largest absolute Gasteiger partial charge is 0.331 e. The minimum absolute atomic E-state index is 0.209. The van der Waals surface area contributed by atoms with Crippen LogP contribution in [0.3, 0.4) is 0 Å². The van der Waals surface area contributed by atoms with E-state index in [9.17, 15) is 9.59 Å². The summed E-state index contributed by atoms with van der Waals surface area (Å²) in [6.07, 6.45) is 0.878. The van der Waals surface area contributed by atoms with Gasteiger partial charge in [0.2, 0.25) is 0 Å². The van der Waals surface area contributed by atoms with Gasteiger partial charge in [-0.1, -0.05) is 6.92 Å². The third-order valence-corrected chi connectivity index (χ3v) is 2.52. The normalized spacial score (nSPS) is 11.8. The van der Waals surface area contributed by atoms with E-state index in [2.05, 4.69) is 0 Å². The number of nitrogens with zero attached hydrogens (tertiary/aromatic N) is 2. The number of aryl methyl sites for hydroxylation is 1. The van der Waals surface area contributed by atoms with E-state index in [0.717, 1.165) is 12.1 Å².